The molecule has 1 aromatic carbocycles. The van der Waals surface area contributed by atoms with Gasteiger partial charge in [0.1, 0.15) is 5.75 Å². The number of nitrogens with zero attached hydrogens (tertiary/aromatic N) is 2. The van der Waals surface area contributed by atoms with Crippen molar-refractivity contribution < 1.29 is 31.1 Å². The molecule has 1 heterocycles. The summed E-state index contributed by atoms with van der Waals surface area (Å²) in [5.74, 6) is -1.36. The Balaban J connectivity index is 1.70. The van der Waals surface area contributed by atoms with Gasteiger partial charge in [-0.05, 0) is 49.1 Å². The number of aryl methyl sites for hydroxylation is 1. The van der Waals surface area contributed by atoms with Gasteiger partial charge in [-0.2, -0.15) is 0 Å². The lowest BCUT2D eigenvalue weighted by Gasteiger charge is -2.24. The van der Waals surface area contributed by atoms with Gasteiger partial charge in [0.25, 0.3) is 5.91 Å². The number of nitrogens with one attached hydrogen (secondary N) is 1. The van der Waals surface area contributed by atoms with Crippen LogP contribution in [0, 0.1) is 0 Å². The standard InChI is InChI=1S/C16H15F3N4O4S/c17-16(18,19)27-11-2-4-12(5-3-11)28(25,26)23-10-1-6-13-9(7-10)8-21-15(22-13)14(20)24/h2-5,8,10,23H,1,6-7H2,(H2,20,24). The highest BCUT2D eigenvalue weighted by Gasteiger charge is 2.31. The van der Waals surface area contributed by atoms with Crippen LogP contribution in [0.4, 0.5) is 13.2 Å². The number of aromatic nitrogens is 2. The second-order valence-electron chi connectivity index (χ2n) is 6.11. The average Bonchev–Trinajstić information content (AvgIpc) is 2.60. The van der Waals surface area contributed by atoms with E-state index in [0.717, 1.165) is 24.3 Å². The van der Waals surface area contributed by atoms with E-state index in [0.29, 0.717) is 30.5 Å². The van der Waals surface area contributed by atoms with Crippen LogP contribution in [0.3, 0.4) is 0 Å². The number of benzene rings is 1. The first-order chi connectivity index (χ1) is 13.0. The van der Waals surface area contributed by atoms with E-state index in [4.69, 9.17) is 5.73 Å². The number of nitrogens with two attached hydrogens (primary N) is 1. The summed E-state index contributed by atoms with van der Waals surface area (Å²) < 4.78 is 67.8. The Morgan fingerprint density at radius 2 is 1.93 bits per heavy atom. The molecule has 0 radical (unpaired) electrons. The van der Waals surface area contributed by atoms with Gasteiger partial charge >= 0.3 is 6.36 Å². The Labute approximate surface area is 158 Å². The molecular formula is C16H15F3N4O4S. The first-order valence-electron chi connectivity index (χ1n) is 8.06. The quantitative estimate of drug-likeness (QED) is 0.757. The van der Waals surface area contributed by atoms with Crippen LogP contribution in [0.5, 0.6) is 5.75 Å². The monoisotopic (exact) mass is 416 g/mol. The molecule has 1 aliphatic carbocycles. The zero-order valence-electron chi connectivity index (χ0n) is 14.2. The predicted molar refractivity (Wildman–Crippen MR) is 89.8 cm³/mol. The molecule has 0 aliphatic heterocycles. The SMILES string of the molecule is NC(=O)c1ncc2c(n1)CCC(NS(=O)(=O)c1ccc(OC(F)(F)F)cc1)C2. The summed E-state index contributed by atoms with van der Waals surface area (Å²) in [6.07, 6.45) is -2.26. The van der Waals surface area contributed by atoms with Crippen LogP contribution in [0.2, 0.25) is 0 Å². The minimum absolute atomic E-state index is 0.0982. The van der Waals surface area contributed by atoms with E-state index in [1.165, 1.54) is 6.20 Å². The maximum absolute atomic E-state index is 12.5. The minimum Gasteiger partial charge on any atom is -0.406 e. The van der Waals surface area contributed by atoms with Gasteiger partial charge in [0.15, 0.2) is 0 Å². The van der Waals surface area contributed by atoms with E-state index in [2.05, 4.69) is 19.4 Å². The van der Waals surface area contributed by atoms with Gasteiger partial charge in [-0.25, -0.2) is 23.1 Å². The van der Waals surface area contributed by atoms with Crippen LogP contribution < -0.4 is 15.2 Å². The van der Waals surface area contributed by atoms with Gasteiger partial charge in [0, 0.05) is 17.9 Å². The number of halogens is 3. The highest BCUT2D eigenvalue weighted by molar-refractivity contribution is 7.89. The van der Waals surface area contributed by atoms with E-state index >= 15 is 0 Å². The van der Waals surface area contributed by atoms with Crippen molar-refractivity contribution in [2.45, 2.75) is 36.6 Å². The van der Waals surface area contributed by atoms with E-state index in [1.807, 2.05) is 0 Å². The third kappa shape index (κ3) is 4.75. The largest absolute Gasteiger partial charge is 0.573 e. The third-order valence-electron chi connectivity index (χ3n) is 4.06. The molecule has 0 spiro atoms. The van der Waals surface area contributed by atoms with Gasteiger partial charge in [0.05, 0.1) is 4.90 Å². The van der Waals surface area contributed by atoms with Crippen molar-refractivity contribution in [2.75, 3.05) is 0 Å². The van der Waals surface area contributed by atoms with Crippen molar-refractivity contribution in [1.82, 2.24) is 14.7 Å². The highest BCUT2D eigenvalue weighted by atomic mass is 32.2. The topological polar surface area (TPSA) is 124 Å². The van der Waals surface area contributed by atoms with E-state index in [1.54, 1.807) is 0 Å². The minimum atomic E-state index is -4.86. The number of alkyl halides is 3. The van der Waals surface area contributed by atoms with Gasteiger partial charge in [-0.3, -0.25) is 4.79 Å². The number of carbonyl (C=O) groups excluding carboxylic acids is 1. The Morgan fingerprint density at radius 3 is 2.54 bits per heavy atom. The Bertz CT molecular complexity index is 994. The molecule has 3 rings (SSSR count). The number of rotatable bonds is 5. The summed E-state index contributed by atoms with van der Waals surface area (Å²) >= 11 is 0. The zero-order valence-corrected chi connectivity index (χ0v) is 15.0. The fourth-order valence-electron chi connectivity index (χ4n) is 2.83. The molecule has 150 valence electrons. The van der Waals surface area contributed by atoms with Crippen molar-refractivity contribution in [3.05, 3.63) is 47.5 Å². The molecule has 12 heteroatoms. The molecule has 1 aliphatic rings. The zero-order chi connectivity index (χ0) is 20.5. The number of primary amides is 1. The molecule has 0 saturated heterocycles. The molecular weight excluding hydrogens is 401 g/mol. The number of hydrogen-bond acceptors (Lipinski definition) is 6. The maximum Gasteiger partial charge on any atom is 0.573 e. The van der Waals surface area contributed by atoms with Crippen LogP contribution in [-0.4, -0.2) is 36.7 Å². The molecule has 0 saturated carbocycles. The number of carbonyl (C=O) groups is 1. The number of sulfonamides is 1. The first kappa shape index (κ1) is 20.0. The fourth-order valence-corrected chi connectivity index (χ4v) is 4.11. The lowest BCUT2D eigenvalue weighted by Crippen LogP contribution is -2.39. The summed E-state index contributed by atoms with van der Waals surface area (Å²) in [4.78, 5) is 18.9. The molecule has 3 N–H and O–H groups in total. The van der Waals surface area contributed by atoms with Crippen LogP contribution in [0.15, 0.2) is 35.4 Å². The molecule has 28 heavy (non-hydrogen) atoms. The molecule has 1 aromatic heterocycles. The number of hydrogen-bond donors (Lipinski definition) is 2. The maximum atomic E-state index is 12.5. The second-order valence-corrected chi connectivity index (χ2v) is 7.82. The summed E-state index contributed by atoms with van der Waals surface area (Å²) in [5, 5.41) is 0. The predicted octanol–water partition coefficient (Wildman–Crippen LogP) is 1.31. The van der Waals surface area contributed by atoms with Crippen molar-refractivity contribution >= 4 is 15.9 Å². The van der Waals surface area contributed by atoms with Crippen LogP contribution in [0.25, 0.3) is 0 Å². The molecule has 1 amide bonds. The number of ether oxygens (including phenoxy) is 1. The number of amides is 1. The number of fused-ring (bicyclic) bond motifs is 1. The van der Waals surface area contributed by atoms with E-state index in [9.17, 15) is 26.4 Å². The molecule has 1 atom stereocenters. The molecule has 2 aromatic rings. The highest BCUT2D eigenvalue weighted by Crippen LogP contribution is 2.25. The van der Waals surface area contributed by atoms with Gasteiger partial charge in [-0.1, -0.05) is 0 Å². The lowest BCUT2D eigenvalue weighted by atomic mass is 9.93. The summed E-state index contributed by atoms with van der Waals surface area (Å²) in [5.41, 5.74) is 6.46. The summed E-state index contributed by atoms with van der Waals surface area (Å²) in [6, 6.07) is 3.46. The van der Waals surface area contributed by atoms with Crippen molar-refractivity contribution in [1.29, 1.82) is 0 Å². The third-order valence-corrected chi connectivity index (χ3v) is 5.60. The molecule has 1 unspecified atom stereocenters. The smallest absolute Gasteiger partial charge is 0.406 e. The lowest BCUT2D eigenvalue weighted by molar-refractivity contribution is -0.274. The first-order valence-corrected chi connectivity index (χ1v) is 9.54. The van der Waals surface area contributed by atoms with Crippen molar-refractivity contribution in [3.8, 4) is 5.75 Å². The van der Waals surface area contributed by atoms with Gasteiger partial charge < -0.3 is 10.5 Å². The Morgan fingerprint density at radius 1 is 1.25 bits per heavy atom. The molecule has 0 bridgehead atoms. The van der Waals surface area contributed by atoms with Gasteiger partial charge in [0.2, 0.25) is 15.8 Å². The van der Waals surface area contributed by atoms with E-state index < -0.39 is 34.1 Å². The van der Waals surface area contributed by atoms with Crippen LogP contribution >= 0.6 is 0 Å². The van der Waals surface area contributed by atoms with Crippen LogP contribution in [0.1, 0.15) is 28.3 Å². The summed E-state index contributed by atoms with van der Waals surface area (Å²) in [6.45, 7) is 0. The average molecular weight is 416 g/mol. The van der Waals surface area contributed by atoms with Gasteiger partial charge in [-0.15, -0.1) is 13.2 Å². The Kier molecular flexibility index (Phi) is 5.26. The van der Waals surface area contributed by atoms with Crippen LogP contribution in [-0.2, 0) is 22.9 Å². The Hall–Kier alpha value is -2.73. The summed E-state index contributed by atoms with van der Waals surface area (Å²) in [7, 11) is -3.95. The molecule has 0 fully saturated rings. The normalized spacial score (nSPS) is 17.0. The second kappa shape index (κ2) is 7.36. The van der Waals surface area contributed by atoms with Crippen molar-refractivity contribution in [3.63, 3.8) is 0 Å². The fraction of sp³-hybridized carbons (Fsp3) is 0.312. The molecule has 8 nitrogen and oxygen atoms in total. The van der Waals surface area contributed by atoms with Crippen molar-refractivity contribution in [2.24, 2.45) is 5.73 Å². The van der Waals surface area contributed by atoms with E-state index in [-0.39, 0.29) is 10.7 Å².